The summed E-state index contributed by atoms with van der Waals surface area (Å²) in [4.78, 5) is 0. The summed E-state index contributed by atoms with van der Waals surface area (Å²) < 4.78 is 4.85. The second-order valence-corrected chi connectivity index (χ2v) is 4.61. The highest BCUT2D eigenvalue weighted by molar-refractivity contribution is 5.14. The highest BCUT2D eigenvalue weighted by atomic mass is 16.5. The molecule has 0 aromatic heterocycles. The van der Waals surface area contributed by atoms with Gasteiger partial charge in [-0.1, -0.05) is 35.5 Å². The van der Waals surface area contributed by atoms with Crippen molar-refractivity contribution in [3.05, 3.63) is 47.8 Å². The van der Waals surface area contributed by atoms with Gasteiger partial charge in [0.25, 0.3) is 0 Å². The normalized spacial score (nSPS) is 11.6. The molecule has 96 valence electrons. The highest BCUT2D eigenvalue weighted by Gasteiger charge is 1.91. The molecular weight excluding hydrogens is 208 g/mol. The number of ether oxygens (including phenoxy) is 1. The molecule has 1 nitrogen and oxygen atoms in total. The molecule has 0 fully saturated rings. The molecule has 0 atom stereocenters. The van der Waals surface area contributed by atoms with Crippen molar-refractivity contribution in [2.75, 3.05) is 7.11 Å². The van der Waals surface area contributed by atoms with Crippen LogP contribution in [0.15, 0.2) is 47.8 Å². The maximum atomic E-state index is 4.85. The average Bonchev–Trinajstić information content (AvgIpc) is 2.25. The molecule has 0 bridgehead atoms. The standard InChI is InChI=1S/C16H26O/c1-14(2)8-6-9-15(3)10-7-11-16(4)12-13-17-5/h8,10,12-13H,4,6-7,9,11H2,1-3,5H3/b13-12+,15-10+. The van der Waals surface area contributed by atoms with Crippen LogP contribution >= 0.6 is 0 Å². The Morgan fingerprint density at radius 2 is 1.71 bits per heavy atom. The Kier molecular flexibility index (Phi) is 9.22. The predicted molar refractivity (Wildman–Crippen MR) is 76.9 cm³/mol. The fraction of sp³-hybridized carbons (Fsp3) is 0.500. The molecule has 0 rings (SSSR count). The first-order valence-electron chi connectivity index (χ1n) is 6.22. The van der Waals surface area contributed by atoms with Crippen LogP contribution in [0.3, 0.4) is 0 Å². The zero-order chi connectivity index (χ0) is 13.1. The van der Waals surface area contributed by atoms with Gasteiger partial charge in [-0.05, 0) is 52.5 Å². The highest BCUT2D eigenvalue weighted by Crippen LogP contribution is 2.11. The van der Waals surface area contributed by atoms with Crippen LogP contribution in [0.25, 0.3) is 0 Å². The number of hydrogen-bond donors (Lipinski definition) is 0. The molecule has 0 spiro atoms. The molecular formula is C16H26O. The van der Waals surface area contributed by atoms with Gasteiger partial charge in [-0.2, -0.15) is 0 Å². The quantitative estimate of drug-likeness (QED) is 0.319. The van der Waals surface area contributed by atoms with Crippen LogP contribution in [-0.2, 0) is 4.74 Å². The van der Waals surface area contributed by atoms with Crippen LogP contribution in [0.5, 0.6) is 0 Å². The number of methoxy groups -OCH3 is 1. The largest absolute Gasteiger partial charge is 0.504 e. The third kappa shape index (κ3) is 11.0. The van der Waals surface area contributed by atoms with Crippen LogP contribution in [-0.4, -0.2) is 7.11 Å². The van der Waals surface area contributed by atoms with Crippen molar-refractivity contribution < 1.29 is 4.74 Å². The van der Waals surface area contributed by atoms with Crippen molar-refractivity contribution in [1.29, 1.82) is 0 Å². The first-order valence-corrected chi connectivity index (χ1v) is 6.22. The summed E-state index contributed by atoms with van der Waals surface area (Å²) in [6, 6.07) is 0. The lowest BCUT2D eigenvalue weighted by Crippen LogP contribution is -1.80. The average molecular weight is 234 g/mol. The van der Waals surface area contributed by atoms with Gasteiger partial charge >= 0.3 is 0 Å². The molecule has 0 radical (unpaired) electrons. The van der Waals surface area contributed by atoms with Gasteiger partial charge in [0.05, 0.1) is 13.4 Å². The summed E-state index contributed by atoms with van der Waals surface area (Å²) >= 11 is 0. The van der Waals surface area contributed by atoms with E-state index in [4.69, 9.17) is 4.74 Å². The van der Waals surface area contributed by atoms with E-state index in [9.17, 15) is 0 Å². The van der Waals surface area contributed by atoms with E-state index < -0.39 is 0 Å². The molecule has 0 aliphatic heterocycles. The van der Waals surface area contributed by atoms with Crippen LogP contribution in [0.4, 0.5) is 0 Å². The molecule has 17 heavy (non-hydrogen) atoms. The van der Waals surface area contributed by atoms with Gasteiger partial charge in [0.2, 0.25) is 0 Å². The maximum absolute atomic E-state index is 4.85. The molecule has 0 aliphatic carbocycles. The fourth-order valence-corrected chi connectivity index (χ4v) is 1.44. The zero-order valence-corrected chi connectivity index (χ0v) is 11.8. The molecule has 0 N–H and O–H groups in total. The Morgan fingerprint density at radius 1 is 1.06 bits per heavy atom. The van der Waals surface area contributed by atoms with Crippen molar-refractivity contribution in [1.82, 2.24) is 0 Å². The van der Waals surface area contributed by atoms with E-state index in [2.05, 4.69) is 39.5 Å². The van der Waals surface area contributed by atoms with E-state index in [1.807, 2.05) is 6.08 Å². The van der Waals surface area contributed by atoms with Gasteiger partial charge in [0.1, 0.15) is 0 Å². The van der Waals surface area contributed by atoms with E-state index in [1.165, 1.54) is 11.1 Å². The topological polar surface area (TPSA) is 9.23 Å². The summed E-state index contributed by atoms with van der Waals surface area (Å²) in [7, 11) is 1.65. The van der Waals surface area contributed by atoms with Crippen LogP contribution < -0.4 is 0 Å². The van der Waals surface area contributed by atoms with Crippen LogP contribution in [0.1, 0.15) is 46.5 Å². The predicted octanol–water partition coefficient (Wildman–Crippen LogP) is 5.18. The zero-order valence-electron chi connectivity index (χ0n) is 11.8. The smallest absolute Gasteiger partial charge is 0.0827 e. The SMILES string of the molecule is C=C(/C=C/OC)CC/C=C(\C)CCC=C(C)C. The summed E-state index contributed by atoms with van der Waals surface area (Å²) in [5.41, 5.74) is 3.97. The Hall–Kier alpha value is -1.24. The first kappa shape index (κ1) is 15.8. The molecule has 0 aromatic carbocycles. The lowest BCUT2D eigenvalue weighted by atomic mass is 10.1. The Bertz CT molecular complexity index is 301. The molecule has 0 amide bonds. The monoisotopic (exact) mass is 234 g/mol. The maximum Gasteiger partial charge on any atom is 0.0827 e. The molecule has 0 aliphatic rings. The van der Waals surface area contributed by atoms with Crippen LogP contribution in [0, 0.1) is 0 Å². The second-order valence-electron chi connectivity index (χ2n) is 4.61. The fourth-order valence-electron chi connectivity index (χ4n) is 1.44. The summed E-state index contributed by atoms with van der Waals surface area (Å²) in [6.45, 7) is 10.5. The van der Waals surface area contributed by atoms with Crippen molar-refractivity contribution in [2.45, 2.75) is 46.5 Å². The molecule has 0 saturated heterocycles. The van der Waals surface area contributed by atoms with Crippen LogP contribution in [0.2, 0.25) is 0 Å². The summed E-state index contributed by atoms with van der Waals surface area (Å²) in [6.07, 6.45) is 12.6. The Labute approximate surface area is 107 Å². The minimum absolute atomic E-state index is 1.000. The Balaban J connectivity index is 3.80. The van der Waals surface area contributed by atoms with Gasteiger partial charge in [0.15, 0.2) is 0 Å². The summed E-state index contributed by atoms with van der Waals surface area (Å²) in [5.74, 6) is 0. The van der Waals surface area contributed by atoms with E-state index in [1.54, 1.807) is 13.4 Å². The summed E-state index contributed by atoms with van der Waals surface area (Å²) in [5, 5.41) is 0. The van der Waals surface area contributed by atoms with Gasteiger partial charge in [-0.25, -0.2) is 0 Å². The van der Waals surface area contributed by atoms with Gasteiger partial charge in [0, 0.05) is 0 Å². The van der Waals surface area contributed by atoms with Crippen molar-refractivity contribution in [2.24, 2.45) is 0 Å². The van der Waals surface area contributed by atoms with E-state index in [0.717, 1.165) is 31.3 Å². The lowest BCUT2D eigenvalue weighted by Gasteiger charge is -2.00. The third-order valence-electron chi connectivity index (χ3n) is 2.49. The van der Waals surface area contributed by atoms with Gasteiger partial charge < -0.3 is 4.74 Å². The molecule has 0 unspecified atom stereocenters. The minimum atomic E-state index is 1.000. The first-order chi connectivity index (χ1) is 8.06. The van der Waals surface area contributed by atoms with E-state index in [0.29, 0.717) is 0 Å². The van der Waals surface area contributed by atoms with Crippen molar-refractivity contribution in [3.63, 3.8) is 0 Å². The van der Waals surface area contributed by atoms with E-state index >= 15 is 0 Å². The minimum Gasteiger partial charge on any atom is -0.504 e. The van der Waals surface area contributed by atoms with Crippen molar-refractivity contribution in [3.8, 4) is 0 Å². The number of allylic oxidation sites excluding steroid dienone is 6. The molecule has 0 saturated carbocycles. The van der Waals surface area contributed by atoms with Gasteiger partial charge in [-0.15, -0.1) is 0 Å². The molecule has 0 heterocycles. The molecule has 1 heteroatoms. The van der Waals surface area contributed by atoms with E-state index in [-0.39, 0.29) is 0 Å². The second kappa shape index (κ2) is 9.95. The van der Waals surface area contributed by atoms with Gasteiger partial charge in [-0.3, -0.25) is 0 Å². The van der Waals surface area contributed by atoms with Crippen molar-refractivity contribution >= 4 is 0 Å². The number of hydrogen-bond acceptors (Lipinski definition) is 1. The lowest BCUT2D eigenvalue weighted by molar-refractivity contribution is 0.337. The third-order valence-corrected chi connectivity index (χ3v) is 2.49. The molecule has 0 aromatic rings. The number of rotatable bonds is 8. The Morgan fingerprint density at radius 3 is 2.29 bits per heavy atom.